The molecule has 0 saturated heterocycles. The van der Waals surface area contributed by atoms with Crippen LogP contribution in [0.2, 0.25) is 0 Å². The third kappa shape index (κ3) is 2.20. The number of para-hydroxylation sites is 1. The van der Waals surface area contributed by atoms with E-state index in [1.807, 2.05) is 32.9 Å². The van der Waals surface area contributed by atoms with Crippen LogP contribution in [0.5, 0.6) is 5.75 Å². The second-order valence-corrected chi connectivity index (χ2v) is 5.60. The molecule has 0 spiro atoms. The molecule has 1 heterocycles. The van der Waals surface area contributed by atoms with Crippen LogP contribution >= 0.6 is 0 Å². The summed E-state index contributed by atoms with van der Waals surface area (Å²) in [6.45, 7) is 6.57. The first-order valence-corrected chi connectivity index (χ1v) is 5.96. The van der Waals surface area contributed by atoms with Crippen LogP contribution in [0.4, 0.5) is 0 Å². The number of ether oxygens (including phenoxy) is 1. The molecule has 17 heavy (non-hydrogen) atoms. The van der Waals surface area contributed by atoms with E-state index < -0.39 is 6.04 Å². The number of fused-ring (bicyclic) bond motifs is 1. The Morgan fingerprint density at radius 2 is 2.12 bits per heavy atom. The Kier molecular flexibility index (Phi) is 2.96. The summed E-state index contributed by atoms with van der Waals surface area (Å²) in [5.74, 6) is 0.702. The first-order valence-electron chi connectivity index (χ1n) is 5.96. The molecule has 0 fully saturated rings. The smallest absolute Gasteiger partial charge is 0.183 e. The summed E-state index contributed by atoms with van der Waals surface area (Å²) < 4.78 is 5.54. The normalized spacial score (nSPS) is 16.2. The topological polar surface area (TPSA) is 52.3 Å². The Hall–Kier alpha value is -1.35. The molecule has 1 atom stereocenters. The summed E-state index contributed by atoms with van der Waals surface area (Å²) >= 11 is 0. The van der Waals surface area contributed by atoms with Crippen molar-refractivity contribution in [2.45, 2.75) is 33.2 Å². The minimum absolute atomic E-state index is 0.0312. The van der Waals surface area contributed by atoms with Crippen molar-refractivity contribution in [3.8, 4) is 5.75 Å². The summed E-state index contributed by atoms with van der Waals surface area (Å²) in [4.78, 5) is 12.3. The van der Waals surface area contributed by atoms with Gasteiger partial charge in [-0.15, -0.1) is 0 Å². The number of nitrogens with two attached hydrogens (primary N) is 1. The number of benzene rings is 1. The quantitative estimate of drug-likeness (QED) is 0.796. The third-order valence-corrected chi connectivity index (χ3v) is 3.20. The highest BCUT2D eigenvalue weighted by Gasteiger charge is 2.31. The van der Waals surface area contributed by atoms with E-state index in [0.717, 1.165) is 17.7 Å². The Morgan fingerprint density at radius 3 is 2.76 bits per heavy atom. The van der Waals surface area contributed by atoms with Crippen LogP contribution < -0.4 is 10.5 Å². The zero-order chi connectivity index (χ0) is 12.6. The van der Waals surface area contributed by atoms with Crippen LogP contribution in [-0.4, -0.2) is 18.4 Å². The molecule has 0 aromatic heterocycles. The lowest BCUT2D eigenvalue weighted by molar-refractivity contribution is 0.0898. The lowest BCUT2D eigenvalue weighted by atomic mass is 9.82. The summed E-state index contributed by atoms with van der Waals surface area (Å²) in [6.07, 6.45) is 0.876. The van der Waals surface area contributed by atoms with E-state index in [4.69, 9.17) is 10.5 Å². The maximum atomic E-state index is 12.3. The average Bonchev–Trinajstić information content (AvgIpc) is 2.73. The largest absolute Gasteiger partial charge is 0.492 e. The van der Waals surface area contributed by atoms with Gasteiger partial charge in [-0.1, -0.05) is 32.9 Å². The molecule has 0 amide bonds. The van der Waals surface area contributed by atoms with E-state index in [0.29, 0.717) is 12.2 Å². The number of rotatable bonds is 2. The zero-order valence-corrected chi connectivity index (χ0v) is 10.6. The van der Waals surface area contributed by atoms with Crippen LogP contribution in [0.1, 0.15) is 36.7 Å². The molecule has 1 aliphatic rings. The van der Waals surface area contributed by atoms with Gasteiger partial charge < -0.3 is 10.5 Å². The van der Waals surface area contributed by atoms with E-state index in [9.17, 15) is 4.79 Å². The van der Waals surface area contributed by atoms with Gasteiger partial charge in [-0.2, -0.15) is 0 Å². The Morgan fingerprint density at radius 1 is 1.41 bits per heavy atom. The van der Waals surface area contributed by atoms with Gasteiger partial charge in [-0.05, 0) is 17.0 Å². The van der Waals surface area contributed by atoms with Gasteiger partial charge >= 0.3 is 0 Å². The van der Waals surface area contributed by atoms with E-state index in [2.05, 4.69) is 0 Å². The van der Waals surface area contributed by atoms with E-state index >= 15 is 0 Å². The number of carbonyl (C=O) groups is 1. The molecule has 2 N–H and O–H groups in total. The second-order valence-electron chi connectivity index (χ2n) is 5.60. The molecule has 1 unspecified atom stereocenters. The zero-order valence-electron chi connectivity index (χ0n) is 10.6. The predicted octanol–water partition coefficient (Wildman–Crippen LogP) is 2.18. The van der Waals surface area contributed by atoms with Gasteiger partial charge in [0.05, 0.1) is 18.2 Å². The minimum Gasteiger partial charge on any atom is -0.492 e. The van der Waals surface area contributed by atoms with Gasteiger partial charge in [0.2, 0.25) is 0 Å². The van der Waals surface area contributed by atoms with Crippen LogP contribution in [0.3, 0.4) is 0 Å². The van der Waals surface area contributed by atoms with Gasteiger partial charge in [-0.25, -0.2) is 0 Å². The SMILES string of the molecule is CC(C)(C)C(N)C(=O)c1cccc2c1OCC2. The molecular formula is C14H19NO2. The third-order valence-electron chi connectivity index (χ3n) is 3.20. The molecule has 0 aliphatic carbocycles. The molecule has 3 nitrogen and oxygen atoms in total. The van der Waals surface area contributed by atoms with Crippen LogP contribution in [-0.2, 0) is 6.42 Å². The Bertz CT molecular complexity index is 446. The summed E-state index contributed by atoms with van der Waals surface area (Å²) in [6, 6.07) is 5.20. The number of ketones is 1. The van der Waals surface area contributed by atoms with Crippen LogP contribution in [0, 0.1) is 5.41 Å². The molecular weight excluding hydrogens is 214 g/mol. The lowest BCUT2D eigenvalue weighted by Crippen LogP contribution is -2.42. The van der Waals surface area contributed by atoms with Gasteiger partial charge in [0.25, 0.3) is 0 Å². The van der Waals surface area contributed by atoms with Crippen molar-refractivity contribution in [2.75, 3.05) is 6.61 Å². The first-order chi connectivity index (χ1) is 7.91. The monoisotopic (exact) mass is 233 g/mol. The molecule has 1 aromatic carbocycles. The second kappa shape index (κ2) is 4.15. The van der Waals surface area contributed by atoms with Crippen LogP contribution in [0.25, 0.3) is 0 Å². The highest BCUT2D eigenvalue weighted by atomic mass is 16.5. The van der Waals surface area contributed by atoms with Gasteiger partial charge in [0.15, 0.2) is 5.78 Å². The Balaban J connectivity index is 2.36. The van der Waals surface area contributed by atoms with Crippen molar-refractivity contribution in [2.24, 2.45) is 11.1 Å². The maximum absolute atomic E-state index is 12.3. The molecule has 1 aromatic rings. The van der Waals surface area contributed by atoms with Crippen molar-refractivity contribution < 1.29 is 9.53 Å². The lowest BCUT2D eigenvalue weighted by Gasteiger charge is -2.26. The van der Waals surface area contributed by atoms with Gasteiger partial charge in [0.1, 0.15) is 5.75 Å². The molecule has 0 radical (unpaired) electrons. The predicted molar refractivity (Wildman–Crippen MR) is 67.4 cm³/mol. The van der Waals surface area contributed by atoms with Crippen molar-refractivity contribution in [3.63, 3.8) is 0 Å². The van der Waals surface area contributed by atoms with Crippen LogP contribution in [0.15, 0.2) is 18.2 Å². The summed E-state index contributed by atoms with van der Waals surface area (Å²) in [5.41, 5.74) is 7.51. The number of Topliss-reactive ketones (excluding diaryl/α,β-unsaturated/α-hetero) is 1. The first kappa shape index (κ1) is 12.1. The van der Waals surface area contributed by atoms with E-state index in [1.54, 1.807) is 6.07 Å². The number of hydrogen-bond acceptors (Lipinski definition) is 3. The van der Waals surface area contributed by atoms with Crippen molar-refractivity contribution >= 4 is 5.78 Å². The van der Waals surface area contributed by atoms with Crippen molar-refractivity contribution in [1.29, 1.82) is 0 Å². The van der Waals surface area contributed by atoms with E-state index in [1.165, 1.54) is 0 Å². The maximum Gasteiger partial charge on any atom is 0.183 e. The van der Waals surface area contributed by atoms with Crippen molar-refractivity contribution in [3.05, 3.63) is 29.3 Å². The molecule has 1 aliphatic heterocycles. The summed E-state index contributed by atoms with van der Waals surface area (Å²) in [5, 5.41) is 0. The molecule has 0 saturated carbocycles. The number of hydrogen-bond donors (Lipinski definition) is 1. The standard InChI is InChI=1S/C14H19NO2/c1-14(2,3)13(15)11(16)10-6-4-5-9-7-8-17-12(9)10/h4-6,13H,7-8,15H2,1-3H3. The molecule has 3 heteroatoms. The highest BCUT2D eigenvalue weighted by molar-refractivity contribution is 6.03. The fourth-order valence-corrected chi connectivity index (χ4v) is 1.97. The number of carbonyl (C=O) groups excluding carboxylic acids is 1. The Labute approximate surface area is 102 Å². The van der Waals surface area contributed by atoms with Crippen molar-refractivity contribution in [1.82, 2.24) is 0 Å². The highest BCUT2D eigenvalue weighted by Crippen LogP contribution is 2.32. The summed E-state index contributed by atoms with van der Waals surface area (Å²) in [7, 11) is 0. The fraction of sp³-hybridized carbons (Fsp3) is 0.500. The fourth-order valence-electron chi connectivity index (χ4n) is 1.97. The van der Waals surface area contributed by atoms with Gasteiger partial charge in [-0.3, -0.25) is 4.79 Å². The molecule has 2 rings (SSSR count). The average molecular weight is 233 g/mol. The molecule has 0 bridgehead atoms. The minimum atomic E-state index is -0.502. The van der Waals surface area contributed by atoms with Gasteiger partial charge in [0, 0.05) is 6.42 Å². The molecule has 92 valence electrons. The van der Waals surface area contributed by atoms with E-state index in [-0.39, 0.29) is 11.2 Å².